The number of sulfonamides is 1. The topological polar surface area (TPSA) is 101 Å². The number of carboxylic acids is 1. The van der Waals surface area contributed by atoms with E-state index in [4.69, 9.17) is 0 Å². The van der Waals surface area contributed by atoms with Gasteiger partial charge in [0, 0.05) is 7.05 Å². The number of carboxylic acid groups (broad SMARTS) is 1. The van der Waals surface area contributed by atoms with Crippen LogP contribution < -0.4 is 4.72 Å². The molecule has 0 atom stereocenters. The molecule has 27 heavy (non-hydrogen) atoms. The zero-order valence-electron chi connectivity index (χ0n) is 15.5. The minimum Gasteiger partial charge on any atom is -0.478 e. The Bertz CT molecular complexity index is 1120. The first-order valence-corrected chi connectivity index (χ1v) is 9.79. The number of aryl methyl sites for hydroxylation is 1. The first-order chi connectivity index (χ1) is 12.5. The lowest BCUT2D eigenvalue weighted by atomic mass is 9.87. The fourth-order valence-corrected chi connectivity index (χ4v) is 3.91. The molecule has 0 saturated carbocycles. The highest BCUT2D eigenvalue weighted by Gasteiger charge is 2.20. The average Bonchev–Trinajstić information content (AvgIpc) is 2.94. The summed E-state index contributed by atoms with van der Waals surface area (Å²) in [7, 11) is -2.17. The average molecular weight is 387 g/mol. The molecule has 0 bridgehead atoms. The minimum atomic E-state index is -3.86. The first-order valence-electron chi connectivity index (χ1n) is 8.31. The Morgan fingerprint density at radius 2 is 1.78 bits per heavy atom. The third-order valence-electron chi connectivity index (χ3n) is 4.33. The Balaban J connectivity index is 2.00. The highest BCUT2D eigenvalue weighted by atomic mass is 32.2. The summed E-state index contributed by atoms with van der Waals surface area (Å²) in [6, 6.07) is 9.45. The van der Waals surface area contributed by atoms with Crippen LogP contribution in [0, 0.1) is 0 Å². The zero-order valence-corrected chi connectivity index (χ0v) is 16.3. The smallest absolute Gasteiger partial charge is 0.337 e. The number of aromatic nitrogens is 2. The summed E-state index contributed by atoms with van der Waals surface area (Å²) in [6.07, 6.45) is 1.49. The minimum absolute atomic E-state index is 0.0201. The van der Waals surface area contributed by atoms with Crippen LogP contribution in [-0.4, -0.2) is 29.0 Å². The van der Waals surface area contributed by atoms with Gasteiger partial charge in [-0.2, -0.15) is 0 Å². The van der Waals surface area contributed by atoms with Gasteiger partial charge in [0.25, 0.3) is 10.0 Å². The lowest BCUT2D eigenvalue weighted by Gasteiger charge is -2.19. The van der Waals surface area contributed by atoms with Crippen molar-refractivity contribution in [1.29, 1.82) is 0 Å². The molecule has 0 fully saturated rings. The quantitative estimate of drug-likeness (QED) is 0.715. The molecule has 0 spiro atoms. The van der Waals surface area contributed by atoms with E-state index >= 15 is 0 Å². The second kappa shape index (κ2) is 6.38. The van der Waals surface area contributed by atoms with E-state index in [0.29, 0.717) is 11.0 Å². The second-order valence-electron chi connectivity index (χ2n) is 7.43. The highest BCUT2D eigenvalue weighted by Crippen LogP contribution is 2.27. The predicted octanol–water partition coefficient (Wildman–Crippen LogP) is 3.37. The van der Waals surface area contributed by atoms with Crippen LogP contribution in [0.3, 0.4) is 0 Å². The van der Waals surface area contributed by atoms with Crippen LogP contribution in [-0.2, 0) is 22.5 Å². The van der Waals surface area contributed by atoms with Gasteiger partial charge < -0.3 is 9.67 Å². The number of benzene rings is 2. The van der Waals surface area contributed by atoms with Crippen molar-refractivity contribution < 1.29 is 18.3 Å². The van der Waals surface area contributed by atoms with Crippen LogP contribution in [0.25, 0.3) is 11.0 Å². The van der Waals surface area contributed by atoms with Gasteiger partial charge in [0.15, 0.2) is 0 Å². The molecule has 2 N–H and O–H groups in total. The molecule has 0 aliphatic rings. The van der Waals surface area contributed by atoms with E-state index in [9.17, 15) is 18.3 Å². The fourth-order valence-electron chi connectivity index (χ4n) is 2.86. The van der Waals surface area contributed by atoms with Crippen molar-refractivity contribution in [3.63, 3.8) is 0 Å². The Morgan fingerprint density at radius 3 is 2.33 bits per heavy atom. The predicted molar refractivity (Wildman–Crippen MR) is 104 cm³/mol. The largest absolute Gasteiger partial charge is 0.478 e. The van der Waals surface area contributed by atoms with Crippen molar-refractivity contribution in [3.05, 3.63) is 53.9 Å². The van der Waals surface area contributed by atoms with Crippen molar-refractivity contribution in [1.82, 2.24) is 9.55 Å². The number of nitrogens with one attached hydrogen (secondary N) is 1. The molecule has 2 aromatic carbocycles. The summed E-state index contributed by atoms with van der Waals surface area (Å²) < 4.78 is 29.4. The standard InChI is InChI=1S/C19H21N3O4S/c1-19(2,3)12-5-7-14(8-6-12)27(25,26)21-13-9-15(18(23)24)17-16(10-13)20-11-22(17)4/h5-11,21H,1-4H3,(H,23,24). The summed E-state index contributed by atoms with van der Waals surface area (Å²) >= 11 is 0. The van der Waals surface area contributed by atoms with Gasteiger partial charge in [-0.15, -0.1) is 0 Å². The van der Waals surface area contributed by atoms with Crippen LogP contribution >= 0.6 is 0 Å². The lowest BCUT2D eigenvalue weighted by Crippen LogP contribution is -2.15. The molecule has 0 aliphatic heterocycles. The van der Waals surface area contributed by atoms with Crippen LogP contribution in [0.5, 0.6) is 0 Å². The van der Waals surface area contributed by atoms with Gasteiger partial charge in [0.2, 0.25) is 0 Å². The summed E-state index contributed by atoms with van der Waals surface area (Å²) in [5, 5.41) is 9.45. The fraction of sp³-hybridized carbons (Fsp3) is 0.263. The molecule has 8 heteroatoms. The van der Waals surface area contributed by atoms with Gasteiger partial charge in [-0.3, -0.25) is 4.72 Å². The first kappa shape index (κ1) is 18.9. The summed E-state index contributed by atoms with van der Waals surface area (Å²) in [4.78, 5) is 15.8. The van der Waals surface area contributed by atoms with Crippen LogP contribution in [0.1, 0.15) is 36.7 Å². The maximum Gasteiger partial charge on any atom is 0.337 e. The van der Waals surface area contributed by atoms with E-state index in [2.05, 4.69) is 9.71 Å². The van der Waals surface area contributed by atoms with Crippen molar-refractivity contribution in [2.75, 3.05) is 4.72 Å². The van der Waals surface area contributed by atoms with Gasteiger partial charge in [-0.05, 0) is 35.2 Å². The van der Waals surface area contributed by atoms with Gasteiger partial charge in [-0.25, -0.2) is 18.2 Å². The number of aromatic carboxylic acids is 1. The number of rotatable bonds is 4. The Morgan fingerprint density at radius 1 is 1.15 bits per heavy atom. The number of hydrogen-bond acceptors (Lipinski definition) is 4. The zero-order chi connectivity index (χ0) is 20.0. The number of carbonyl (C=O) groups is 1. The monoisotopic (exact) mass is 387 g/mol. The number of fused-ring (bicyclic) bond motifs is 1. The Hall–Kier alpha value is -2.87. The number of imidazole rings is 1. The highest BCUT2D eigenvalue weighted by molar-refractivity contribution is 7.92. The lowest BCUT2D eigenvalue weighted by molar-refractivity contribution is 0.0698. The Kier molecular flexibility index (Phi) is 4.47. The maximum atomic E-state index is 12.7. The SMILES string of the molecule is Cn1cnc2cc(NS(=O)(=O)c3ccc(C(C)(C)C)cc3)cc(C(=O)O)c21. The van der Waals surface area contributed by atoms with Crippen LogP contribution in [0.2, 0.25) is 0 Å². The molecule has 1 aromatic heterocycles. The summed E-state index contributed by atoms with van der Waals surface area (Å²) in [5.41, 5.74) is 1.89. The molecular formula is C19H21N3O4S. The second-order valence-corrected chi connectivity index (χ2v) is 9.11. The molecule has 0 saturated heterocycles. The van der Waals surface area contributed by atoms with Gasteiger partial charge in [0.1, 0.15) is 0 Å². The van der Waals surface area contributed by atoms with Gasteiger partial charge in [0.05, 0.1) is 33.5 Å². The molecular weight excluding hydrogens is 366 g/mol. The van der Waals surface area contributed by atoms with Crippen LogP contribution in [0.4, 0.5) is 5.69 Å². The molecule has 3 rings (SSSR count). The van der Waals surface area contributed by atoms with E-state index in [1.165, 1.54) is 18.5 Å². The van der Waals surface area contributed by atoms with Crippen molar-refractivity contribution in [2.45, 2.75) is 31.1 Å². The van der Waals surface area contributed by atoms with Gasteiger partial charge in [-0.1, -0.05) is 32.9 Å². The normalized spacial score (nSPS) is 12.3. The number of anilines is 1. The van der Waals surface area contributed by atoms with E-state index < -0.39 is 16.0 Å². The molecule has 0 radical (unpaired) electrons. The number of nitrogens with zero attached hydrogens (tertiary/aromatic N) is 2. The molecule has 142 valence electrons. The van der Waals surface area contributed by atoms with Crippen LogP contribution in [0.15, 0.2) is 47.6 Å². The molecule has 0 aliphatic carbocycles. The van der Waals surface area contributed by atoms with Crippen molar-refractivity contribution in [2.24, 2.45) is 7.05 Å². The summed E-state index contributed by atoms with van der Waals surface area (Å²) in [6.45, 7) is 6.14. The van der Waals surface area contributed by atoms with E-state index in [1.54, 1.807) is 35.9 Å². The molecule has 0 unspecified atom stereocenters. The number of hydrogen-bond donors (Lipinski definition) is 2. The Labute approximate surface area is 157 Å². The summed E-state index contributed by atoms with van der Waals surface area (Å²) in [5.74, 6) is -1.15. The van der Waals surface area contributed by atoms with Gasteiger partial charge >= 0.3 is 5.97 Å². The molecule has 3 aromatic rings. The third kappa shape index (κ3) is 3.66. The van der Waals surface area contributed by atoms with Crippen molar-refractivity contribution >= 4 is 32.7 Å². The third-order valence-corrected chi connectivity index (χ3v) is 5.72. The van der Waals surface area contributed by atoms with E-state index in [-0.39, 0.29) is 21.6 Å². The van der Waals surface area contributed by atoms with Crippen molar-refractivity contribution in [3.8, 4) is 0 Å². The maximum absolute atomic E-state index is 12.7. The van der Waals surface area contributed by atoms with E-state index in [1.807, 2.05) is 20.8 Å². The molecule has 7 nitrogen and oxygen atoms in total. The molecule has 0 amide bonds. The molecule has 1 heterocycles. The van der Waals surface area contributed by atoms with E-state index in [0.717, 1.165) is 5.56 Å².